The van der Waals surface area contributed by atoms with Gasteiger partial charge in [-0.15, -0.1) is 0 Å². The molecular formula is C15H21N3S. The molecule has 0 radical (unpaired) electrons. The fraction of sp³-hybridized carbons (Fsp3) is 0.533. The van der Waals surface area contributed by atoms with Gasteiger partial charge in [0.15, 0.2) is 0 Å². The quantitative estimate of drug-likeness (QED) is 0.927. The zero-order valence-electron chi connectivity index (χ0n) is 11.4. The second kappa shape index (κ2) is 5.88. The smallest absolute Gasteiger partial charge is 0.0948 e. The first-order valence-corrected chi connectivity index (χ1v) is 8.04. The van der Waals surface area contributed by atoms with E-state index in [4.69, 9.17) is 0 Å². The molecule has 0 spiro atoms. The zero-order chi connectivity index (χ0) is 13.1. The third-order valence-corrected chi connectivity index (χ3v) is 4.67. The van der Waals surface area contributed by atoms with E-state index in [2.05, 4.69) is 38.6 Å². The monoisotopic (exact) mass is 275 g/mol. The predicted octanol–water partition coefficient (Wildman–Crippen LogP) is 3.39. The molecule has 1 N–H and O–H groups in total. The van der Waals surface area contributed by atoms with E-state index < -0.39 is 0 Å². The Hall–Kier alpha value is -1.13. The van der Waals surface area contributed by atoms with Crippen LogP contribution >= 0.6 is 11.3 Å². The molecule has 102 valence electrons. The summed E-state index contributed by atoms with van der Waals surface area (Å²) in [4.78, 5) is 4.35. The van der Waals surface area contributed by atoms with E-state index in [1.54, 1.807) is 11.3 Å². The van der Waals surface area contributed by atoms with Crippen LogP contribution in [0.2, 0.25) is 0 Å². The van der Waals surface area contributed by atoms with Crippen molar-refractivity contribution in [3.63, 3.8) is 0 Å². The molecule has 0 bridgehead atoms. The molecule has 0 aliphatic carbocycles. The molecule has 3 heterocycles. The maximum Gasteiger partial charge on any atom is 0.0948 e. The summed E-state index contributed by atoms with van der Waals surface area (Å²) in [6, 6.07) is 3.31. The van der Waals surface area contributed by atoms with Crippen molar-refractivity contribution < 1.29 is 0 Å². The second-order valence-electron chi connectivity index (χ2n) is 5.44. The fourth-order valence-electron chi connectivity index (χ4n) is 2.86. The Balaban J connectivity index is 1.67. The highest BCUT2D eigenvalue weighted by Gasteiger charge is 2.21. The van der Waals surface area contributed by atoms with E-state index >= 15 is 0 Å². The first-order chi connectivity index (χ1) is 9.33. The summed E-state index contributed by atoms with van der Waals surface area (Å²) in [7, 11) is 0. The molecule has 2 atom stereocenters. The van der Waals surface area contributed by atoms with Crippen LogP contribution in [0.1, 0.15) is 43.5 Å². The Morgan fingerprint density at radius 1 is 1.47 bits per heavy atom. The van der Waals surface area contributed by atoms with Crippen molar-refractivity contribution in [1.82, 2.24) is 14.9 Å². The van der Waals surface area contributed by atoms with Gasteiger partial charge in [0, 0.05) is 24.8 Å². The number of thiophene rings is 1. The van der Waals surface area contributed by atoms with Gasteiger partial charge in [-0.3, -0.25) is 0 Å². The number of nitrogens with zero attached hydrogens (tertiary/aromatic N) is 2. The molecule has 0 saturated carbocycles. The third kappa shape index (κ3) is 3.07. The molecule has 3 rings (SSSR count). The van der Waals surface area contributed by atoms with Crippen molar-refractivity contribution in [1.29, 1.82) is 0 Å². The summed E-state index contributed by atoms with van der Waals surface area (Å²) in [6.07, 6.45) is 8.93. The number of aryl methyl sites for hydroxylation is 2. The van der Waals surface area contributed by atoms with Crippen LogP contribution in [-0.2, 0) is 13.0 Å². The third-order valence-electron chi connectivity index (χ3n) is 3.94. The zero-order valence-corrected chi connectivity index (χ0v) is 12.2. The van der Waals surface area contributed by atoms with Crippen LogP contribution in [0.25, 0.3) is 0 Å². The van der Waals surface area contributed by atoms with Gasteiger partial charge in [-0.2, -0.15) is 11.3 Å². The average Bonchev–Trinajstić information content (AvgIpc) is 3.08. The van der Waals surface area contributed by atoms with Crippen LogP contribution in [0, 0.1) is 0 Å². The predicted molar refractivity (Wildman–Crippen MR) is 79.4 cm³/mol. The Morgan fingerprint density at radius 3 is 3.21 bits per heavy atom. The van der Waals surface area contributed by atoms with Gasteiger partial charge in [-0.25, -0.2) is 4.98 Å². The lowest BCUT2D eigenvalue weighted by atomic mass is 9.97. The lowest BCUT2D eigenvalue weighted by Gasteiger charge is -2.29. The molecular weight excluding hydrogens is 254 g/mol. The molecule has 19 heavy (non-hydrogen) atoms. The van der Waals surface area contributed by atoms with Crippen molar-refractivity contribution in [2.45, 2.75) is 51.2 Å². The van der Waals surface area contributed by atoms with E-state index in [1.807, 2.05) is 12.5 Å². The highest BCUT2D eigenvalue weighted by Crippen LogP contribution is 2.25. The van der Waals surface area contributed by atoms with Gasteiger partial charge in [0.05, 0.1) is 12.0 Å². The molecule has 1 saturated heterocycles. The number of imidazole rings is 1. The van der Waals surface area contributed by atoms with E-state index in [-0.39, 0.29) is 0 Å². The Bertz CT molecular complexity index is 503. The maximum atomic E-state index is 4.35. The van der Waals surface area contributed by atoms with Crippen LogP contribution in [0.4, 0.5) is 0 Å². The minimum atomic E-state index is 0.480. The van der Waals surface area contributed by atoms with Crippen molar-refractivity contribution in [2.24, 2.45) is 0 Å². The Labute approximate surface area is 118 Å². The van der Waals surface area contributed by atoms with Gasteiger partial charge in [-0.1, -0.05) is 0 Å². The van der Waals surface area contributed by atoms with Gasteiger partial charge in [0.1, 0.15) is 0 Å². The van der Waals surface area contributed by atoms with Crippen LogP contribution in [0.15, 0.2) is 29.4 Å². The minimum absolute atomic E-state index is 0.480. The van der Waals surface area contributed by atoms with Gasteiger partial charge in [-0.05, 0) is 55.0 Å². The molecule has 2 aromatic heterocycles. The average molecular weight is 275 g/mol. The molecule has 4 heteroatoms. The molecule has 1 aliphatic rings. The standard InChI is InChI=1S/C15H21N3S/c1-12-3-2-4-14(17-12)15-9-16-11-18(15)7-5-13-6-8-19-10-13/h6,8-12,14,17H,2-5,7H2,1H3. The molecule has 0 aromatic carbocycles. The minimum Gasteiger partial charge on any atom is -0.333 e. The molecule has 2 unspecified atom stereocenters. The largest absolute Gasteiger partial charge is 0.333 e. The summed E-state index contributed by atoms with van der Waals surface area (Å²) >= 11 is 1.77. The van der Waals surface area contributed by atoms with E-state index in [0.29, 0.717) is 12.1 Å². The number of rotatable bonds is 4. The van der Waals surface area contributed by atoms with Gasteiger partial charge in [0.25, 0.3) is 0 Å². The van der Waals surface area contributed by atoms with Crippen LogP contribution in [-0.4, -0.2) is 15.6 Å². The molecule has 2 aromatic rings. The van der Waals surface area contributed by atoms with E-state index in [0.717, 1.165) is 13.0 Å². The molecule has 3 nitrogen and oxygen atoms in total. The van der Waals surface area contributed by atoms with Crippen molar-refractivity contribution in [3.8, 4) is 0 Å². The van der Waals surface area contributed by atoms with Crippen LogP contribution in [0.3, 0.4) is 0 Å². The summed E-state index contributed by atoms with van der Waals surface area (Å²) in [5, 5.41) is 8.07. The van der Waals surface area contributed by atoms with Crippen molar-refractivity contribution in [3.05, 3.63) is 40.6 Å². The van der Waals surface area contributed by atoms with Gasteiger partial charge >= 0.3 is 0 Å². The van der Waals surface area contributed by atoms with Gasteiger partial charge in [0.2, 0.25) is 0 Å². The summed E-state index contributed by atoms with van der Waals surface area (Å²) in [5.74, 6) is 0. The Morgan fingerprint density at radius 2 is 2.42 bits per heavy atom. The topological polar surface area (TPSA) is 29.9 Å². The summed E-state index contributed by atoms with van der Waals surface area (Å²) in [6.45, 7) is 3.30. The van der Waals surface area contributed by atoms with Crippen molar-refractivity contribution >= 4 is 11.3 Å². The van der Waals surface area contributed by atoms with Crippen molar-refractivity contribution in [2.75, 3.05) is 0 Å². The fourth-order valence-corrected chi connectivity index (χ4v) is 3.57. The maximum absolute atomic E-state index is 4.35. The molecule has 0 amide bonds. The Kier molecular flexibility index (Phi) is 3.99. The normalized spacial score (nSPS) is 23.6. The summed E-state index contributed by atoms with van der Waals surface area (Å²) in [5.41, 5.74) is 2.77. The number of nitrogens with one attached hydrogen (secondary N) is 1. The highest BCUT2D eigenvalue weighted by atomic mass is 32.1. The molecule has 1 fully saturated rings. The molecule has 1 aliphatic heterocycles. The number of hydrogen-bond donors (Lipinski definition) is 1. The number of piperidine rings is 1. The van der Waals surface area contributed by atoms with Crippen LogP contribution < -0.4 is 5.32 Å². The lowest BCUT2D eigenvalue weighted by molar-refractivity contribution is 0.329. The lowest BCUT2D eigenvalue weighted by Crippen LogP contribution is -2.35. The summed E-state index contributed by atoms with van der Waals surface area (Å²) < 4.78 is 2.31. The van der Waals surface area contributed by atoms with E-state index in [9.17, 15) is 0 Å². The van der Waals surface area contributed by atoms with Crippen LogP contribution in [0.5, 0.6) is 0 Å². The van der Waals surface area contributed by atoms with E-state index in [1.165, 1.54) is 30.5 Å². The number of hydrogen-bond acceptors (Lipinski definition) is 3. The highest BCUT2D eigenvalue weighted by molar-refractivity contribution is 7.07. The first kappa shape index (κ1) is 12.9. The second-order valence-corrected chi connectivity index (χ2v) is 6.22. The number of aromatic nitrogens is 2. The van der Waals surface area contributed by atoms with Gasteiger partial charge < -0.3 is 9.88 Å². The first-order valence-electron chi connectivity index (χ1n) is 7.10. The SMILES string of the molecule is CC1CCCC(c2cncn2CCc2ccsc2)N1.